The zero-order chi connectivity index (χ0) is 20.6. The van der Waals surface area contributed by atoms with Gasteiger partial charge in [-0.1, -0.05) is 6.92 Å². The van der Waals surface area contributed by atoms with Crippen LogP contribution in [0.3, 0.4) is 0 Å². The second-order valence-corrected chi connectivity index (χ2v) is 7.21. The van der Waals surface area contributed by atoms with E-state index in [1.807, 2.05) is 62.9 Å². The Balaban J connectivity index is 3.17. The molecular weight excluding hydrogens is 344 g/mol. The molecule has 0 heterocycles. The lowest BCUT2D eigenvalue weighted by Gasteiger charge is -2.31. The maximum Gasteiger partial charge on any atom is 0.318 e. The van der Waals surface area contributed by atoms with Gasteiger partial charge in [-0.2, -0.15) is 0 Å². The molecule has 0 aromatic heterocycles. The monoisotopic (exact) mass is 378 g/mol. The van der Waals surface area contributed by atoms with Crippen LogP contribution in [0.2, 0.25) is 0 Å². The summed E-state index contributed by atoms with van der Waals surface area (Å²) in [6.07, 6.45) is 0.854. The van der Waals surface area contributed by atoms with E-state index >= 15 is 0 Å². The van der Waals surface area contributed by atoms with Crippen LogP contribution >= 0.6 is 0 Å². The van der Waals surface area contributed by atoms with Gasteiger partial charge in [0.1, 0.15) is 6.61 Å². The van der Waals surface area contributed by atoms with Crippen LogP contribution in [-0.4, -0.2) is 56.7 Å². The number of amides is 3. The summed E-state index contributed by atoms with van der Waals surface area (Å²) < 4.78 is 4.87. The smallest absolute Gasteiger partial charge is 0.318 e. The minimum absolute atomic E-state index is 0.000549. The maximum atomic E-state index is 12.7. The second-order valence-electron chi connectivity index (χ2n) is 7.21. The number of nitrogens with one attached hydrogen (secondary N) is 2. The van der Waals surface area contributed by atoms with Crippen molar-refractivity contribution in [2.45, 2.75) is 52.7 Å². The first-order valence-electron chi connectivity index (χ1n) is 9.35. The Morgan fingerprint density at radius 2 is 1.85 bits per heavy atom. The summed E-state index contributed by atoms with van der Waals surface area (Å²) in [4.78, 5) is 28.4. The fraction of sp³-hybridized carbons (Fsp3) is 0.600. The summed E-state index contributed by atoms with van der Waals surface area (Å²) >= 11 is 0. The molecule has 1 aromatic rings. The molecule has 0 saturated heterocycles. The van der Waals surface area contributed by atoms with E-state index in [2.05, 4.69) is 17.6 Å². The van der Waals surface area contributed by atoms with Gasteiger partial charge >= 0.3 is 6.03 Å². The van der Waals surface area contributed by atoms with Crippen molar-refractivity contribution in [2.24, 2.45) is 0 Å². The normalized spacial score (nSPS) is 11.9. The van der Waals surface area contributed by atoms with Crippen LogP contribution in [0, 0.1) is 0 Å². The van der Waals surface area contributed by atoms with Crippen molar-refractivity contribution < 1.29 is 14.3 Å². The van der Waals surface area contributed by atoms with E-state index in [4.69, 9.17) is 4.74 Å². The molecular formula is C20H34N4O3. The fourth-order valence-electron chi connectivity index (χ4n) is 2.72. The van der Waals surface area contributed by atoms with E-state index in [1.54, 1.807) is 0 Å². The average molecular weight is 379 g/mol. The topological polar surface area (TPSA) is 73.9 Å². The molecule has 0 saturated carbocycles. The van der Waals surface area contributed by atoms with Gasteiger partial charge in [-0.3, -0.25) is 4.79 Å². The van der Waals surface area contributed by atoms with Gasteiger partial charge in [0.25, 0.3) is 0 Å². The largest absolute Gasteiger partial charge is 0.377 e. The lowest BCUT2D eigenvalue weighted by Crippen LogP contribution is -2.46. The van der Waals surface area contributed by atoms with Gasteiger partial charge in [0.2, 0.25) is 5.91 Å². The average Bonchev–Trinajstić information content (AvgIpc) is 2.58. The number of carbonyl (C=O) groups excluding carboxylic acids is 2. The molecule has 0 radical (unpaired) electrons. The van der Waals surface area contributed by atoms with Crippen molar-refractivity contribution in [2.75, 3.05) is 38.0 Å². The molecule has 3 amide bonds. The molecule has 1 atom stereocenters. The molecule has 0 aliphatic heterocycles. The molecule has 1 rings (SSSR count). The van der Waals surface area contributed by atoms with Gasteiger partial charge in [0, 0.05) is 51.2 Å². The maximum absolute atomic E-state index is 12.7. The van der Waals surface area contributed by atoms with Gasteiger partial charge in [0.05, 0.1) is 0 Å². The van der Waals surface area contributed by atoms with Gasteiger partial charge in [-0.15, -0.1) is 0 Å². The first kappa shape index (κ1) is 22.8. The number of carbonyl (C=O) groups is 2. The minimum Gasteiger partial charge on any atom is -0.377 e. The molecule has 0 aliphatic carbocycles. The highest BCUT2D eigenvalue weighted by molar-refractivity contribution is 5.92. The van der Waals surface area contributed by atoms with Crippen LogP contribution < -0.4 is 15.5 Å². The molecule has 0 bridgehead atoms. The van der Waals surface area contributed by atoms with Gasteiger partial charge < -0.3 is 25.2 Å². The van der Waals surface area contributed by atoms with Crippen molar-refractivity contribution in [3.63, 3.8) is 0 Å². The molecule has 1 aromatic carbocycles. The van der Waals surface area contributed by atoms with E-state index in [1.165, 1.54) is 7.11 Å². The summed E-state index contributed by atoms with van der Waals surface area (Å²) in [5.41, 5.74) is 2.66. The molecule has 0 fully saturated rings. The third kappa shape index (κ3) is 7.09. The first-order chi connectivity index (χ1) is 12.7. The molecule has 7 nitrogen and oxygen atoms in total. The predicted molar refractivity (Wildman–Crippen MR) is 110 cm³/mol. The lowest BCUT2D eigenvalue weighted by atomic mass is 10.1. The van der Waals surface area contributed by atoms with E-state index in [0.29, 0.717) is 12.2 Å². The minimum atomic E-state index is -0.211. The lowest BCUT2D eigenvalue weighted by molar-refractivity contribution is -0.119. The quantitative estimate of drug-likeness (QED) is 0.693. The highest BCUT2D eigenvalue weighted by atomic mass is 16.5. The second kappa shape index (κ2) is 10.8. The van der Waals surface area contributed by atoms with Crippen molar-refractivity contribution in [1.82, 2.24) is 10.2 Å². The third-order valence-electron chi connectivity index (χ3n) is 4.26. The summed E-state index contributed by atoms with van der Waals surface area (Å²) in [7, 11) is 5.41. The van der Waals surface area contributed by atoms with Gasteiger partial charge in [0.15, 0.2) is 0 Å². The fourth-order valence-corrected chi connectivity index (χ4v) is 2.72. The highest BCUT2D eigenvalue weighted by Crippen LogP contribution is 2.25. The van der Waals surface area contributed by atoms with Crippen LogP contribution in [0.25, 0.3) is 0 Å². The Labute approximate surface area is 163 Å². The van der Waals surface area contributed by atoms with E-state index < -0.39 is 0 Å². The molecule has 2 N–H and O–H groups in total. The van der Waals surface area contributed by atoms with Crippen molar-refractivity contribution in [3.8, 4) is 0 Å². The molecule has 0 spiro atoms. The zero-order valence-corrected chi connectivity index (χ0v) is 17.6. The van der Waals surface area contributed by atoms with Crippen LogP contribution in [-0.2, 0) is 16.1 Å². The van der Waals surface area contributed by atoms with E-state index in [0.717, 1.165) is 17.7 Å². The van der Waals surface area contributed by atoms with Crippen molar-refractivity contribution >= 4 is 23.3 Å². The van der Waals surface area contributed by atoms with Gasteiger partial charge in [-0.25, -0.2) is 4.79 Å². The Morgan fingerprint density at radius 3 is 2.37 bits per heavy atom. The number of hydrogen-bond acceptors (Lipinski definition) is 4. The molecule has 0 aliphatic rings. The summed E-state index contributed by atoms with van der Waals surface area (Å²) in [6.45, 7) is 8.46. The molecule has 152 valence electrons. The summed E-state index contributed by atoms with van der Waals surface area (Å²) in [6, 6.07) is 5.79. The van der Waals surface area contributed by atoms with Gasteiger partial charge in [-0.05, 0) is 51.0 Å². The highest BCUT2D eigenvalue weighted by Gasteiger charge is 2.21. The van der Waals surface area contributed by atoms with Crippen LogP contribution in [0.5, 0.6) is 0 Å². The molecule has 0 unspecified atom stereocenters. The molecule has 7 heteroatoms. The predicted octanol–water partition coefficient (Wildman–Crippen LogP) is 3.06. The van der Waals surface area contributed by atoms with Crippen molar-refractivity contribution in [1.29, 1.82) is 0 Å². The number of anilines is 2. The number of urea groups is 1. The number of hydrogen-bond donors (Lipinski definition) is 2. The zero-order valence-electron chi connectivity index (χ0n) is 17.6. The Bertz CT molecular complexity index is 632. The third-order valence-corrected chi connectivity index (χ3v) is 4.26. The van der Waals surface area contributed by atoms with Crippen LogP contribution in [0.4, 0.5) is 16.2 Å². The van der Waals surface area contributed by atoms with Crippen LogP contribution in [0.1, 0.15) is 39.7 Å². The molecule has 27 heavy (non-hydrogen) atoms. The van der Waals surface area contributed by atoms with Crippen LogP contribution in [0.15, 0.2) is 18.2 Å². The number of benzene rings is 1. The Hall–Kier alpha value is -2.28. The number of methoxy groups -OCH3 is 1. The number of nitrogens with zero attached hydrogens (tertiary/aromatic N) is 2. The number of ether oxygens (including phenoxy) is 1. The van der Waals surface area contributed by atoms with E-state index in [9.17, 15) is 9.59 Å². The number of rotatable bonds is 9. The summed E-state index contributed by atoms with van der Waals surface area (Å²) in [5.74, 6) is -0.211. The Morgan fingerprint density at radius 1 is 1.19 bits per heavy atom. The SMILES string of the molecule is CC[C@@H](C)N(Cc1cc(NC(=O)COC)ccc1N(C)C)C(=O)NC(C)C. The standard InChI is InChI=1S/C20H34N4O3/c1-8-15(4)24(20(26)21-14(2)3)12-16-11-17(22-19(25)13-27-7)9-10-18(16)23(5)6/h9-11,14-15H,8,12-13H2,1-7H3,(H,21,26)(H,22,25)/t15-/m1/s1. The first-order valence-corrected chi connectivity index (χ1v) is 9.35. The summed E-state index contributed by atoms with van der Waals surface area (Å²) in [5, 5.41) is 5.80. The van der Waals surface area contributed by atoms with E-state index in [-0.39, 0.29) is 30.6 Å². The Kier molecular flexibility index (Phi) is 9.08. The van der Waals surface area contributed by atoms with Crippen molar-refractivity contribution in [3.05, 3.63) is 23.8 Å².